The minimum atomic E-state index is -1.21. The van der Waals surface area contributed by atoms with E-state index in [1.165, 1.54) is 19.4 Å². The third kappa shape index (κ3) is 6.12. The molecule has 5 atom stereocenters. The summed E-state index contributed by atoms with van der Waals surface area (Å²) in [6.45, 7) is 4.96. The van der Waals surface area contributed by atoms with Crippen LogP contribution in [0.15, 0.2) is 12.5 Å². The minimum Gasteiger partial charge on any atom is -0.480 e. The minimum absolute atomic E-state index is 0.0232. The van der Waals surface area contributed by atoms with Gasteiger partial charge < -0.3 is 31.6 Å². The Morgan fingerprint density at radius 3 is 2.38 bits per heavy atom. The molecule has 7 N–H and O–H groups in total. The lowest BCUT2D eigenvalue weighted by atomic mass is 9.97. The molecule has 0 saturated carbocycles. The number of carbonyl (C=O) groups is 3. The molecule has 10 nitrogen and oxygen atoms in total. The number of H-pyrrole nitrogens is 1. The van der Waals surface area contributed by atoms with Gasteiger partial charge in [0.05, 0.1) is 12.4 Å². The van der Waals surface area contributed by atoms with Crippen LogP contribution in [0, 0.1) is 5.92 Å². The smallest absolute Gasteiger partial charge is 0.326 e. The summed E-state index contributed by atoms with van der Waals surface area (Å²) in [4.78, 5) is 42.7. The van der Waals surface area contributed by atoms with Gasteiger partial charge in [0, 0.05) is 18.3 Å². The van der Waals surface area contributed by atoms with Gasteiger partial charge in [-0.05, 0) is 12.8 Å². The van der Waals surface area contributed by atoms with Crippen LogP contribution in [0.2, 0.25) is 0 Å². The number of nitrogens with zero attached hydrogens (tertiary/aromatic N) is 1. The second-order valence-corrected chi connectivity index (χ2v) is 6.32. The van der Waals surface area contributed by atoms with Gasteiger partial charge in [0.2, 0.25) is 11.8 Å². The number of hydrogen-bond acceptors (Lipinski definition) is 6. The molecule has 0 aliphatic carbocycles. The molecule has 26 heavy (non-hydrogen) atoms. The molecule has 1 aromatic rings. The summed E-state index contributed by atoms with van der Waals surface area (Å²) < 4.78 is 0. The van der Waals surface area contributed by atoms with Gasteiger partial charge in [-0.25, -0.2) is 9.78 Å². The molecule has 0 bridgehead atoms. The van der Waals surface area contributed by atoms with Crippen molar-refractivity contribution in [3.05, 3.63) is 18.2 Å². The fourth-order valence-electron chi connectivity index (χ4n) is 2.25. The molecule has 0 unspecified atom stereocenters. The monoisotopic (exact) mass is 369 g/mol. The van der Waals surface area contributed by atoms with E-state index in [9.17, 15) is 24.6 Å². The normalized spacial score (nSPS) is 16.8. The lowest BCUT2D eigenvalue weighted by Crippen LogP contribution is -2.58. The van der Waals surface area contributed by atoms with Crippen molar-refractivity contribution < 1.29 is 24.6 Å². The molecule has 10 heteroatoms. The summed E-state index contributed by atoms with van der Waals surface area (Å²) >= 11 is 0. The van der Waals surface area contributed by atoms with Crippen LogP contribution in [0.5, 0.6) is 0 Å². The zero-order chi connectivity index (χ0) is 19.9. The second kappa shape index (κ2) is 9.88. The highest BCUT2D eigenvalue weighted by Gasteiger charge is 2.32. The van der Waals surface area contributed by atoms with Crippen molar-refractivity contribution in [2.24, 2.45) is 11.7 Å². The van der Waals surface area contributed by atoms with Crippen LogP contribution in [-0.4, -0.2) is 62.2 Å². The number of amides is 2. The Bertz CT molecular complexity index is 604. The summed E-state index contributed by atoms with van der Waals surface area (Å²) in [5.74, 6) is -2.78. The molecule has 2 amide bonds. The Balaban J connectivity index is 2.86. The summed E-state index contributed by atoms with van der Waals surface area (Å²) in [5, 5.41) is 23.7. The SMILES string of the molecule is CC[C@H](C)[C@H](NC(=O)[C@@H](N)[C@@H](C)O)C(=O)N[C@@H](Cc1cnc[nH]1)C(=O)O. The van der Waals surface area contributed by atoms with Gasteiger partial charge in [0.15, 0.2) is 0 Å². The Kier molecular flexibility index (Phi) is 8.20. The molecule has 0 spiro atoms. The van der Waals surface area contributed by atoms with Crippen molar-refractivity contribution in [1.82, 2.24) is 20.6 Å². The van der Waals surface area contributed by atoms with Crippen molar-refractivity contribution in [3.63, 3.8) is 0 Å². The molecular formula is C16H27N5O5. The number of nitrogens with one attached hydrogen (secondary N) is 3. The number of aliphatic hydroxyl groups excluding tert-OH is 1. The van der Waals surface area contributed by atoms with Gasteiger partial charge in [-0.1, -0.05) is 20.3 Å². The Morgan fingerprint density at radius 1 is 1.27 bits per heavy atom. The van der Waals surface area contributed by atoms with Crippen molar-refractivity contribution in [2.45, 2.75) is 57.8 Å². The Hall–Kier alpha value is -2.46. The molecule has 0 fully saturated rings. The quantitative estimate of drug-likeness (QED) is 0.299. The van der Waals surface area contributed by atoms with Gasteiger partial charge in [0.1, 0.15) is 18.1 Å². The number of aromatic nitrogens is 2. The Morgan fingerprint density at radius 2 is 1.92 bits per heavy atom. The highest BCUT2D eigenvalue weighted by atomic mass is 16.4. The maximum Gasteiger partial charge on any atom is 0.326 e. The molecule has 146 valence electrons. The van der Waals surface area contributed by atoms with Crippen LogP contribution < -0.4 is 16.4 Å². The van der Waals surface area contributed by atoms with E-state index in [-0.39, 0.29) is 12.3 Å². The number of nitrogens with two attached hydrogens (primary N) is 1. The molecule has 1 heterocycles. The zero-order valence-corrected chi connectivity index (χ0v) is 15.1. The van der Waals surface area contributed by atoms with E-state index in [0.29, 0.717) is 12.1 Å². The van der Waals surface area contributed by atoms with Crippen LogP contribution in [0.4, 0.5) is 0 Å². The van der Waals surface area contributed by atoms with E-state index in [1.54, 1.807) is 6.92 Å². The van der Waals surface area contributed by atoms with Gasteiger partial charge in [-0.3, -0.25) is 9.59 Å². The average Bonchev–Trinajstić information content (AvgIpc) is 3.10. The van der Waals surface area contributed by atoms with E-state index in [2.05, 4.69) is 20.6 Å². The number of aliphatic hydroxyl groups is 1. The third-order valence-electron chi connectivity index (χ3n) is 4.21. The molecule has 1 rings (SSSR count). The van der Waals surface area contributed by atoms with E-state index < -0.39 is 42.0 Å². The first-order chi connectivity index (χ1) is 12.2. The lowest BCUT2D eigenvalue weighted by Gasteiger charge is -2.27. The molecule has 0 radical (unpaired) electrons. The number of aromatic amines is 1. The van der Waals surface area contributed by atoms with E-state index in [1.807, 2.05) is 6.92 Å². The number of carbonyl (C=O) groups excluding carboxylic acids is 2. The fraction of sp³-hybridized carbons (Fsp3) is 0.625. The fourth-order valence-corrected chi connectivity index (χ4v) is 2.25. The van der Waals surface area contributed by atoms with Crippen LogP contribution in [0.25, 0.3) is 0 Å². The first-order valence-electron chi connectivity index (χ1n) is 8.41. The molecule has 0 aromatic carbocycles. The maximum absolute atomic E-state index is 12.6. The van der Waals surface area contributed by atoms with Gasteiger partial charge >= 0.3 is 5.97 Å². The van der Waals surface area contributed by atoms with Crippen molar-refractivity contribution in [1.29, 1.82) is 0 Å². The average molecular weight is 369 g/mol. The van der Waals surface area contributed by atoms with Crippen LogP contribution in [0.3, 0.4) is 0 Å². The number of carboxylic acids is 1. The van der Waals surface area contributed by atoms with Gasteiger partial charge in [0.25, 0.3) is 0 Å². The van der Waals surface area contributed by atoms with Crippen LogP contribution in [-0.2, 0) is 20.8 Å². The molecule has 0 aliphatic rings. The topological polar surface area (TPSA) is 170 Å². The summed E-state index contributed by atoms with van der Waals surface area (Å²) in [6.07, 6.45) is 2.39. The lowest BCUT2D eigenvalue weighted by molar-refractivity contribution is -0.142. The molecule has 0 aliphatic heterocycles. The summed E-state index contributed by atoms with van der Waals surface area (Å²) in [5.41, 5.74) is 6.14. The Labute approximate surface area is 151 Å². The summed E-state index contributed by atoms with van der Waals surface area (Å²) in [6, 6.07) is -3.34. The van der Waals surface area contributed by atoms with Crippen molar-refractivity contribution >= 4 is 17.8 Å². The third-order valence-corrected chi connectivity index (χ3v) is 4.21. The van der Waals surface area contributed by atoms with Crippen molar-refractivity contribution in [2.75, 3.05) is 0 Å². The number of rotatable bonds is 10. The number of aliphatic carboxylic acids is 1. The maximum atomic E-state index is 12.6. The van der Waals surface area contributed by atoms with E-state index in [0.717, 1.165) is 0 Å². The van der Waals surface area contributed by atoms with Gasteiger partial charge in [-0.2, -0.15) is 0 Å². The first kappa shape index (κ1) is 21.6. The first-order valence-corrected chi connectivity index (χ1v) is 8.41. The predicted octanol–water partition coefficient (Wildman–Crippen LogP) is -1.24. The largest absolute Gasteiger partial charge is 0.480 e. The highest BCUT2D eigenvalue weighted by molar-refractivity contribution is 5.92. The van der Waals surface area contributed by atoms with Crippen LogP contribution in [0.1, 0.15) is 32.9 Å². The second-order valence-electron chi connectivity index (χ2n) is 6.32. The van der Waals surface area contributed by atoms with E-state index >= 15 is 0 Å². The van der Waals surface area contributed by atoms with Gasteiger partial charge in [-0.15, -0.1) is 0 Å². The number of imidazole rings is 1. The van der Waals surface area contributed by atoms with E-state index in [4.69, 9.17) is 5.73 Å². The highest BCUT2D eigenvalue weighted by Crippen LogP contribution is 2.10. The number of hydrogen-bond donors (Lipinski definition) is 6. The molecular weight excluding hydrogens is 342 g/mol. The summed E-state index contributed by atoms with van der Waals surface area (Å²) in [7, 11) is 0. The van der Waals surface area contributed by atoms with Crippen LogP contribution >= 0.6 is 0 Å². The standard InChI is InChI=1S/C16H27N5O5/c1-4-8(2)13(21-14(23)12(17)9(3)22)15(24)20-11(16(25)26)5-10-6-18-7-19-10/h6-9,11-13,22H,4-5,17H2,1-3H3,(H,18,19)(H,20,24)(H,21,23)(H,25,26)/t8-,9+,11-,12-,13-/m0/s1. The number of carboxylic acid groups (broad SMARTS) is 1. The predicted molar refractivity (Wildman–Crippen MR) is 92.9 cm³/mol. The molecule has 0 saturated heterocycles. The molecule has 1 aromatic heterocycles. The zero-order valence-electron chi connectivity index (χ0n) is 15.1. The van der Waals surface area contributed by atoms with Crippen molar-refractivity contribution in [3.8, 4) is 0 Å².